The molecule has 1 aromatic heterocycles. The first kappa shape index (κ1) is 16.4. The zero-order chi connectivity index (χ0) is 17.6. The van der Waals surface area contributed by atoms with Crippen molar-refractivity contribution in [3.05, 3.63) is 78.4 Å². The number of amides is 1. The van der Waals surface area contributed by atoms with Crippen LogP contribution in [-0.2, 0) is 0 Å². The van der Waals surface area contributed by atoms with Crippen LogP contribution in [0, 0.1) is 5.82 Å². The van der Waals surface area contributed by atoms with Crippen molar-refractivity contribution in [2.45, 2.75) is 0 Å². The molecule has 3 aromatic rings. The molecule has 6 heteroatoms. The van der Waals surface area contributed by atoms with Crippen LogP contribution >= 0.6 is 0 Å². The number of carbonyl (C=O) groups is 1. The van der Waals surface area contributed by atoms with Crippen LogP contribution in [0.3, 0.4) is 0 Å². The molecule has 25 heavy (non-hydrogen) atoms. The molecule has 1 heterocycles. The minimum Gasteiger partial charge on any atom is -0.497 e. The molecule has 2 N–H and O–H groups in total. The second kappa shape index (κ2) is 7.44. The highest BCUT2D eigenvalue weighted by atomic mass is 19.1. The summed E-state index contributed by atoms with van der Waals surface area (Å²) >= 11 is 0. The van der Waals surface area contributed by atoms with Crippen LogP contribution in [0.2, 0.25) is 0 Å². The fraction of sp³-hybridized carbons (Fsp3) is 0.0526. The molecular formula is C19H16FN3O2. The second-order valence-corrected chi connectivity index (χ2v) is 5.25. The maximum Gasteiger partial charge on any atom is 0.274 e. The molecule has 0 aliphatic rings. The van der Waals surface area contributed by atoms with Gasteiger partial charge in [0.1, 0.15) is 17.3 Å². The van der Waals surface area contributed by atoms with Gasteiger partial charge in [0.25, 0.3) is 5.91 Å². The number of hydrogen-bond donors (Lipinski definition) is 2. The lowest BCUT2D eigenvalue weighted by molar-refractivity contribution is 0.102. The molecule has 0 bridgehead atoms. The Kier molecular flexibility index (Phi) is 4.89. The number of methoxy groups -OCH3 is 1. The Balaban J connectivity index is 1.68. The van der Waals surface area contributed by atoms with Gasteiger partial charge in [0.2, 0.25) is 0 Å². The maximum atomic E-state index is 13.1. The van der Waals surface area contributed by atoms with E-state index < -0.39 is 11.7 Å². The van der Waals surface area contributed by atoms with Crippen molar-refractivity contribution in [2.24, 2.45) is 0 Å². The first-order valence-electron chi connectivity index (χ1n) is 7.58. The Morgan fingerprint density at radius 1 is 1.00 bits per heavy atom. The number of nitrogens with zero attached hydrogens (tertiary/aromatic N) is 1. The number of anilines is 3. The van der Waals surface area contributed by atoms with Crippen LogP contribution in [0.25, 0.3) is 0 Å². The zero-order valence-corrected chi connectivity index (χ0v) is 13.5. The standard InChI is InChI=1S/C19H16FN3O2/c1-25-17-7-3-6-15(11-17)22-16-8-9-18(21-12-16)19(24)23-14-5-2-4-13(20)10-14/h2-12,22H,1H3,(H,23,24). The van der Waals surface area contributed by atoms with Gasteiger partial charge >= 0.3 is 0 Å². The first-order valence-corrected chi connectivity index (χ1v) is 7.58. The molecule has 0 aliphatic heterocycles. The van der Waals surface area contributed by atoms with E-state index >= 15 is 0 Å². The smallest absolute Gasteiger partial charge is 0.274 e. The number of halogens is 1. The van der Waals surface area contributed by atoms with E-state index in [-0.39, 0.29) is 5.69 Å². The predicted molar refractivity (Wildman–Crippen MR) is 94.9 cm³/mol. The minimum absolute atomic E-state index is 0.237. The third-order valence-electron chi connectivity index (χ3n) is 3.44. The van der Waals surface area contributed by atoms with Crippen molar-refractivity contribution in [3.8, 4) is 5.75 Å². The summed E-state index contributed by atoms with van der Waals surface area (Å²) < 4.78 is 18.3. The van der Waals surface area contributed by atoms with E-state index in [2.05, 4.69) is 15.6 Å². The van der Waals surface area contributed by atoms with Gasteiger partial charge in [-0.15, -0.1) is 0 Å². The normalized spacial score (nSPS) is 10.2. The highest BCUT2D eigenvalue weighted by molar-refractivity contribution is 6.02. The van der Waals surface area contributed by atoms with Crippen LogP contribution in [-0.4, -0.2) is 18.0 Å². The van der Waals surface area contributed by atoms with E-state index in [1.165, 1.54) is 18.2 Å². The molecule has 0 aliphatic carbocycles. The van der Waals surface area contributed by atoms with Crippen LogP contribution in [0.1, 0.15) is 10.5 Å². The highest BCUT2D eigenvalue weighted by Gasteiger charge is 2.08. The average molecular weight is 337 g/mol. The maximum absolute atomic E-state index is 13.1. The van der Waals surface area contributed by atoms with Gasteiger partial charge in [0.15, 0.2) is 0 Å². The third-order valence-corrected chi connectivity index (χ3v) is 3.44. The summed E-state index contributed by atoms with van der Waals surface area (Å²) in [6.45, 7) is 0. The molecule has 1 amide bonds. The number of ether oxygens (including phenoxy) is 1. The highest BCUT2D eigenvalue weighted by Crippen LogP contribution is 2.21. The Morgan fingerprint density at radius 3 is 2.52 bits per heavy atom. The van der Waals surface area contributed by atoms with Crippen molar-refractivity contribution in [3.63, 3.8) is 0 Å². The Labute approximate surface area is 144 Å². The van der Waals surface area contributed by atoms with Gasteiger partial charge in [0, 0.05) is 17.4 Å². The second-order valence-electron chi connectivity index (χ2n) is 5.25. The van der Waals surface area contributed by atoms with Crippen molar-refractivity contribution >= 4 is 23.0 Å². The zero-order valence-electron chi connectivity index (χ0n) is 13.5. The van der Waals surface area contributed by atoms with Gasteiger partial charge in [-0.1, -0.05) is 12.1 Å². The van der Waals surface area contributed by atoms with Crippen LogP contribution in [0.15, 0.2) is 66.9 Å². The van der Waals surface area contributed by atoms with E-state index in [0.717, 1.165) is 17.1 Å². The summed E-state index contributed by atoms with van der Waals surface area (Å²) in [5, 5.41) is 5.78. The number of pyridine rings is 1. The van der Waals surface area contributed by atoms with E-state index in [4.69, 9.17) is 4.74 Å². The van der Waals surface area contributed by atoms with Gasteiger partial charge < -0.3 is 15.4 Å². The predicted octanol–water partition coefficient (Wildman–Crippen LogP) is 4.23. The Bertz CT molecular complexity index is 882. The fourth-order valence-corrected chi connectivity index (χ4v) is 2.23. The molecule has 0 atom stereocenters. The summed E-state index contributed by atoms with van der Waals surface area (Å²) in [6, 6.07) is 16.5. The summed E-state index contributed by atoms with van der Waals surface area (Å²) in [4.78, 5) is 16.3. The lowest BCUT2D eigenvalue weighted by atomic mass is 10.2. The third kappa shape index (κ3) is 4.32. The molecule has 0 fully saturated rings. The van der Waals surface area contributed by atoms with Crippen LogP contribution < -0.4 is 15.4 Å². The van der Waals surface area contributed by atoms with Crippen LogP contribution in [0.4, 0.5) is 21.5 Å². The van der Waals surface area contributed by atoms with Crippen molar-refractivity contribution in [2.75, 3.05) is 17.7 Å². The summed E-state index contributed by atoms with van der Waals surface area (Å²) in [5.41, 5.74) is 2.19. The molecule has 0 radical (unpaired) electrons. The van der Waals surface area contributed by atoms with Crippen molar-refractivity contribution in [1.82, 2.24) is 4.98 Å². The molecule has 2 aromatic carbocycles. The quantitative estimate of drug-likeness (QED) is 0.731. The van der Waals surface area contributed by atoms with Crippen LogP contribution in [0.5, 0.6) is 5.75 Å². The average Bonchev–Trinajstić information content (AvgIpc) is 2.62. The molecule has 5 nitrogen and oxygen atoms in total. The minimum atomic E-state index is -0.413. The molecule has 0 spiro atoms. The van der Waals surface area contributed by atoms with E-state index in [0.29, 0.717) is 5.69 Å². The lowest BCUT2D eigenvalue weighted by Crippen LogP contribution is -2.13. The number of nitrogens with one attached hydrogen (secondary N) is 2. The molecule has 0 unspecified atom stereocenters. The molecule has 0 saturated carbocycles. The van der Waals surface area contributed by atoms with Gasteiger partial charge in [-0.2, -0.15) is 0 Å². The number of benzene rings is 2. The van der Waals surface area contributed by atoms with Gasteiger partial charge in [-0.25, -0.2) is 9.37 Å². The van der Waals surface area contributed by atoms with Crippen molar-refractivity contribution < 1.29 is 13.9 Å². The SMILES string of the molecule is COc1cccc(Nc2ccc(C(=O)Nc3cccc(F)c3)nc2)c1. The van der Waals surface area contributed by atoms with E-state index in [9.17, 15) is 9.18 Å². The Hall–Kier alpha value is -3.41. The number of aromatic nitrogens is 1. The van der Waals surface area contributed by atoms with Gasteiger partial charge in [-0.05, 0) is 42.5 Å². The number of carbonyl (C=O) groups excluding carboxylic acids is 1. The Morgan fingerprint density at radius 2 is 1.80 bits per heavy atom. The van der Waals surface area contributed by atoms with Crippen molar-refractivity contribution in [1.29, 1.82) is 0 Å². The largest absolute Gasteiger partial charge is 0.497 e. The molecule has 126 valence electrons. The van der Waals surface area contributed by atoms with E-state index in [1.807, 2.05) is 24.3 Å². The molecule has 3 rings (SSSR count). The summed E-state index contributed by atoms with van der Waals surface area (Å²) in [5.74, 6) is -0.0776. The molecule has 0 saturated heterocycles. The molecular weight excluding hydrogens is 321 g/mol. The fourth-order valence-electron chi connectivity index (χ4n) is 2.23. The summed E-state index contributed by atoms with van der Waals surface area (Å²) in [7, 11) is 1.60. The first-order chi connectivity index (χ1) is 12.1. The lowest BCUT2D eigenvalue weighted by Gasteiger charge is -2.09. The summed E-state index contributed by atoms with van der Waals surface area (Å²) in [6.07, 6.45) is 1.56. The van der Waals surface area contributed by atoms with Gasteiger partial charge in [-0.3, -0.25) is 4.79 Å². The van der Waals surface area contributed by atoms with Gasteiger partial charge in [0.05, 0.1) is 19.0 Å². The monoisotopic (exact) mass is 337 g/mol. The van der Waals surface area contributed by atoms with E-state index in [1.54, 1.807) is 31.5 Å². The number of hydrogen-bond acceptors (Lipinski definition) is 4. The topological polar surface area (TPSA) is 63.2 Å². The number of rotatable bonds is 5.